The molecule has 3 saturated heterocycles. The lowest BCUT2D eigenvalue weighted by Crippen LogP contribution is -2.44. The number of hydrogen-bond acceptors (Lipinski definition) is 7. The third-order valence-electron chi connectivity index (χ3n) is 10.8. The smallest absolute Gasteiger partial charge is 0.405 e. The summed E-state index contributed by atoms with van der Waals surface area (Å²) in [7, 11) is 0. The second-order valence-electron chi connectivity index (χ2n) is 14.1. The van der Waals surface area contributed by atoms with Crippen LogP contribution in [0, 0.1) is 0 Å². The molecule has 13 nitrogen and oxygen atoms in total. The van der Waals surface area contributed by atoms with Crippen LogP contribution in [0.5, 0.6) is 0 Å². The molecule has 0 radical (unpaired) electrons. The van der Waals surface area contributed by atoms with E-state index in [2.05, 4.69) is 73.7 Å². The Bertz CT molecular complexity index is 2070. The minimum Gasteiger partial charge on any atom is -0.465 e. The average molecular weight is 729 g/mol. The molecule has 13 heteroatoms. The van der Waals surface area contributed by atoms with Crippen molar-refractivity contribution in [3.05, 3.63) is 108 Å². The standard InChI is InChI=1S/C41H44N8O5/c50-36(26-47-20-22-54-23-21-47)48-18-4-8-34(48)38-42-24-32(44-38)29-14-10-27(11-15-29)28-12-16-30(17-13-28)33-25-43-39(45-33)35-9-5-19-49(35)40(51)37(46-41(52)53)31-6-2-1-3-7-31/h1-3,6-7,10-17,24-25,34-35,37,46H,4-5,8-9,18-23,26H2,(H,42,44)(H,43,45)(H,52,53)/t34-,35-,37+/m0/s1. The van der Waals surface area contributed by atoms with Gasteiger partial charge in [0.2, 0.25) is 5.91 Å². The quantitative estimate of drug-likeness (QED) is 0.140. The van der Waals surface area contributed by atoms with Gasteiger partial charge in [-0.05, 0) is 53.5 Å². The number of amides is 3. The first kappa shape index (κ1) is 35.3. The number of imidazole rings is 2. The van der Waals surface area contributed by atoms with Crippen LogP contribution in [0.25, 0.3) is 33.6 Å². The topological polar surface area (TPSA) is 160 Å². The zero-order valence-corrected chi connectivity index (χ0v) is 30.0. The Morgan fingerprint density at radius 1 is 0.722 bits per heavy atom. The van der Waals surface area contributed by atoms with Gasteiger partial charge in [0.25, 0.3) is 5.91 Å². The van der Waals surface area contributed by atoms with Gasteiger partial charge in [-0.3, -0.25) is 14.5 Å². The third-order valence-corrected chi connectivity index (χ3v) is 10.8. The van der Waals surface area contributed by atoms with Crippen molar-refractivity contribution in [2.45, 2.75) is 43.8 Å². The number of H-pyrrole nitrogens is 2. The van der Waals surface area contributed by atoms with Gasteiger partial charge in [0, 0.05) is 26.2 Å². The van der Waals surface area contributed by atoms with Gasteiger partial charge in [0.15, 0.2) is 0 Å². The molecule has 278 valence electrons. The Morgan fingerprint density at radius 3 is 1.80 bits per heavy atom. The summed E-state index contributed by atoms with van der Waals surface area (Å²) in [6.07, 6.45) is 5.79. The number of hydrogen-bond donors (Lipinski definition) is 4. The fourth-order valence-electron chi connectivity index (χ4n) is 7.92. The molecule has 3 aromatic carbocycles. The van der Waals surface area contributed by atoms with Gasteiger partial charge in [-0.15, -0.1) is 0 Å². The first-order chi connectivity index (χ1) is 26.4. The normalized spacial score (nSPS) is 19.6. The number of carbonyl (C=O) groups is 3. The molecule has 2 aromatic heterocycles. The highest BCUT2D eigenvalue weighted by atomic mass is 16.5. The zero-order chi connectivity index (χ0) is 37.0. The summed E-state index contributed by atoms with van der Waals surface area (Å²) in [5.74, 6) is 1.37. The van der Waals surface area contributed by atoms with Gasteiger partial charge in [-0.2, -0.15) is 0 Å². The molecule has 0 bridgehead atoms. The largest absolute Gasteiger partial charge is 0.465 e. The molecule has 5 aromatic rings. The van der Waals surface area contributed by atoms with Crippen LogP contribution in [0.3, 0.4) is 0 Å². The van der Waals surface area contributed by atoms with Crippen LogP contribution in [0.1, 0.15) is 61.0 Å². The van der Waals surface area contributed by atoms with Crippen molar-refractivity contribution in [1.29, 1.82) is 0 Å². The van der Waals surface area contributed by atoms with Crippen LogP contribution in [0.2, 0.25) is 0 Å². The lowest BCUT2D eigenvalue weighted by atomic mass is 10.0. The van der Waals surface area contributed by atoms with Crippen molar-refractivity contribution in [3.8, 4) is 33.6 Å². The minimum atomic E-state index is -1.25. The number of likely N-dealkylation sites (tertiary alicyclic amines) is 2. The number of ether oxygens (including phenoxy) is 1. The lowest BCUT2D eigenvalue weighted by molar-refractivity contribution is -0.135. The minimum absolute atomic E-state index is 0.0382. The molecule has 0 unspecified atom stereocenters. The molecular weight excluding hydrogens is 685 g/mol. The van der Waals surface area contributed by atoms with Crippen LogP contribution in [-0.4, -0.2) is 104 Å². The summed E-state index contributed by atoms with van der Waals surface area (Å²) >= 11 is 0. The third kappa shape index (κ3) is 7.50. The van der Waals surface area contributed by atoms with E-state index in [1.54, 1.807) is 35.4 Å². The van der Waals surface area contributed by atoms with Crippen LogP contribution >= 0.6 is 0 Å². The first-order valence-corrected chi connectivity index (χ1v) is 18.7. The monoisotopic (exact) mass is 728 g/mol. The molecule has 3 aliphatic heterocycles. The molecule has 4 N–H and O–H groups in total. The zero-order valence-electron chi connectivity index (χ0n) is 30.0. The van der Waals surface area contributed by atoms with E-state index in [-0.39, 0.29) is 23.9 Å². The number of nitrogens with one attached hydrogen (secondary N) is 3. The second kappa shape index (κ2) is 15.7. The number of carboxylic acid groups (broad SMARTS) is 1. The number of aromatic amines is 2. The fourth-order valence-corrected chi connectivity index (χ4v) is 7.92. The molecule has 3 atom stereocenters. The van der Waals surface area contributed by atoms with Gasteiger partial charge in [-0.25, -0.2) is 14.8 Å². The average Bonchev–Trinajstić information content (AvgIpc) is 4.04. The Kier molecular flexibility index (Phi) is 10.2. The van der Waals surface area contributed by atoms with E-state index in [4.69, 9.17) is 9.72 Å². The maximum atomic E-state index is 13.7. The van der Waals surface area contributed by atoms with Crippen LogP contribution in [0.4, 0.5) is 4.79 Å². The number of aromatic nitrogens is 4. The molecule has 0 spiro atoms. The summed E-state index contributed by atoms with van der Waals surface area (Å²) in [6, 6.07) is 24.2. The lowest BCUT2D eigenvalue weighted by Gasteiger charge is -2.30. The van der Waals surface area contributed by atoms with E-state index in [9.17, 15) is 19.5 Å². The number of nitrogens with zero attached hydrogens (tertiary/aromatic N) is 5. The second-order valence-corrected chi connectivity index (χ2v) is 14.1. The molecule has 3 amide bonds. The molecule has 3 fully saturated rings. The molecule has 54 heavy (non-hydrogen) atoms. The highest BCUT2D eigenvalue weighted by Crippen LogP contribution is 2.35. The number of rotatable bonds is 10. The van der Waals surface area contributed by atoms with Crippen LogP contribution in [-0.2, 0) is 14.3 Å². The van der Waals surface area contributed by atoms with E-state index in [1.165, 1.54) is 0 Å². The molecule has 5 heterocycles. The summed E-state index contributed by atoms with van der Waals surface area (Å²) in [5.41, 5.74) is 6.50. The predicted octanol–water partition coefficient (Wildman–Crippen LogP) is 5.80. The van der Waals surface area contributed by atoms with Crippen molar-refractivity contribution < 1.29 is 24.2 Å². The van der Waals surface area contributed by atoms with E-state index < -0.39 is 12.1 Å². The first-order valence-electron chi connectivity index (χ1n) is 18.7. The summed E-state index contributed by atoms with van der Waals surface area (Å²) in [5, 5.41) is 11.9. The van der Waals surface area contributed by atoms with Gasteiger partial charge >= 0.3 is 6.09 Å². The Balaban J connectivity index is 0.913. The van der Waals surface area contributed by atoms with Crippen molar-refractivity contribution >= 4 is 17.9 Å². The van der Waals surface area contributed by atoms with Gasteiger partial charge in [0.1, 0.15) is 17.7 Å². The summed E-state index contributed by atoms with van der Waals surface area (Å²) in [6.45, 7) is 4.63. The summed E-state index contributed by atoms with van der Waals surface area (Å²) in [4.78, 5) is 60.7. The van der Waals surface area contributed by atoms with Crippen LogP contribution < -0.4 is 5.32 Å². The molecule has 3 aliphatic rings. The van der Waals surface area contributed by atoms with Gasteiger partial charge in [-0.1, -0.05) is 78.9 Å². The SMILES string of the molecule is O=C(O)N[C@@H](C(=O)N1CCC[C@H]1c1ncc(-c2ccc(-c3ccc(-c4cnc([C@@H]5CCCN5C(=O)CN5CCOCC5)[nH]4)cc3)cc2)[nH]1)c1ccccc1. The molecule has 0 saturated carbocycles. The predicted molar refractivity (Wildman–Crippen MR) is 202 cm³/mol. The maximum absolute atomic E-state index is 13.7. The van der Waals surface area contributed by atoms with Crippen LogP contribution in [0.15, 0.2) is 91.3 Å². The van der Waals surface area contributed by atoms with Crippen molar-refractivity contribution in [2.24, 2.45) is 0 Å². The Morgan fingerprint density at radius 2 is 1.24 bits per heavy atom. The maximum Gasteiger partial charge on any atom is 0.405 e. The van der Waals surface area contributed by atoms with Crippen molar-refractivity contribution in [2.75, 3.05) is 45.9 Å². The number of carbonyl (C=O) groups excluding carboxylic acids is 2. The molecule has 0 aliphatic carbocycles. The van der Waals surface area contributed by atoms with E-state index in [0.29, 0.717) is 37.7 Å². The Labute approximate surface area is 313 Å². The van der Waals surface area contributed by atoms with Gasteiger partial charge in [0.05, 0.1) is 55.6 Å². The Hall–Kier alpha value is -5.79. The van der Waals surface area contributed by atoms with Gasteiger partial charge < -0.3 is 34.9 Å². The number of morpholine rings is 1. The molecule has 8 rings (SSSR count). The highest BCUT2D eigenvalue weighted by Gasteiger charge is 2.37. The van der Waals surface area contributed by atoms with E-state index in [1.807, 2.05) is 17.2 Å². The molecular formula is C41H44N8O5. The highest BCUT2D eigenvalue weighted by molar-refractivity contribution is 5.87. The van der Waals surface area contributed by atoms with E-state index >= 15 is 0 Å². The number of benzene rings is 3. The van der Waals surface area contributed by atoms with Crippen molar-refractivity contribution in [1.82, 2.24) is 40.0 Å². The van der Waals surface area contributed by atoms with E-state index in [0.717, 1.165) is 84.8 Å². The fraction of sp³-hybridized carbons (Fsp3) is 0.341. The summed E-state index contributed by atoms with van der Waals surface area (Å²) < 4.78 is 5.43. The van der Waals surface area contributed by atoms with Crippen molar-refractivity contribution in [3.63, 3.8) is 0 Å².